The highest BCUT2D eigenvalue weighted by atomic mass is 32.2. The number of nitrogens with zero attached hydrogens (tertiary/aromatic N) is 2. The van der Waals surface area contributed by atoms with E-state index < -0.39 is 20.8 Å². The molecule has 0 saturated carbocycles. The fraction of sp³-hybridized carbons (Fsp3) is 0.250. The van der Waals surface area contributed by atoms with E-state index in [1.807, 2.05) is 0 Å². The number of sulfonamides is 1. The minimum absolute atomic E-state index is 0.145. The summed E-state index contributed by atoms with van der Waals surface area (Å²) in [6.07, 6.45) is 0. The van der Waals surface area contributed by atoms with Gasteiger partial charge in [-0.2, -0.15) is 4.31 Å². The summed E-state index contributed by atoms with van der Waals surface area (Å²) in [6.45, 7) is 3.03. The Labute approximate surface area is 139 Å². The molecule has 0 amide bonds. The first-order valence-corrected chi connectivity index (χ1v) is 8.54. The molecule has 0 aliphatic carbocycles. The Balaban J connectivity index is 2.47. The normalized spacial score (nSPS) is 11.7. The van der Waals surface area contributed by atoms with E-state index in [0.717, 1.165) is 10.4 Å². The smallest absolute Gasteiger partial charge is 0.258 e. The van der Waals surface area contributed by atoms with Crippen molar-refractivity contribution in [2.75, 3.05) is 7.05 Å². The number of hydrogen-bond donors (Lipinski definition) is 0. The maximum Gasteiger partial charge on any atom is 0.271 e. The third-order valence-electron chi connectivity index (χ3n) is 3.85. The number of aryl methyl sites for hydroxylation is 1. The molecule has 2 rings (SSSR count). The van der Waals surface area contributed by atoms with Crippen molar-refractivity contribution in [3.8, 4) is 0 Å². The molecular formula is C16H17FN2O4S. The first-order chi connectivity index (χ1) is 11.1. The SMILES string of the molecule is Cc1cc([N+](=O)[O-])cc(S(=O)(=O)N(C)Cc2ccccc2F)c1C. The maximum atomic E-state index is 13.7. The summed E-state index contributed by atoms with van der Waals surface area (Å²) < 4.78 is 40.3. The van der Waals surface area contributed by atoms with Gasteiger partial charge in [-0.25, -0.2) is 12.8 Å². The van der Waals surface area contributed by atoms with Crippen molar-refractivity contribution >= 4 is 15.7 Å². The van der Waals surface area contributed by atoms with E-state index in [0.29, 0.717) is 11.1 Å². The lowest BCUT2D eigenvalue weighted by Gasteiger charge is -2.19. The predicted octanol–water partition coefficient (Wildman–Crippen LogP) is 3.17. The van der Waals surface area contributed by atoms with Crippen LogP contribution in [0.25, 0.3) is 0 Å². The van der Waals surface area contributed by atoms with Crippen LogP contribution in [0.2, 0.25) is 0 Å². The van der Waals surface area contributed by atoms with E-state index in [4.69, 9.17) is 0 Å². The van der Waals surface area contributed by atoms with Gasteiger partial charge >= 0.3 is 0 Å². The maximum absolute atomic E-state index is 13.7. The zero-order valence-corrected chi connectivity index (χ0v) is 14.3. The van der Waals surface area contributed by atoms with E-state index in [1.54, 1.807) is 19.9 Å². The molecule has 2 aromatic carbocycles. The number of benzene rings is 2. The average molecular weight is 352 g/mol. The van der Waals surface area contributed by atoms with Crippen LogP contribution in [0.15, 0.2) is 41.3 Å². The third kappa shape index (κ3) is 3.44. The van der Waals surface area contributed by atoms with E-state index >= 15 is 0 Å². The lowest BCUT2D eigenvalue weighted by Crippen LogP contribution is -2.27. The average Bonchev–Trinajstić information content (AvgIpc) is 2.51. The van der Waals surface area contributed by atoms with E-state index in [2.05, 4.69) is 0 Å². The zero-order valence-electron chi connectivity index (χ0n) is 13.5. The molecule has 0 unspecified atom stereocenters. The number of hydrogen-bond acceptors (Lipinski definition) is 4. The van der Waals surface area contributed by atoms with Crippen molar-refractivity contribution in [3.63, 3.8) is 0 Å². The minimum Gasteiger partial charge on any atom is -0.258 e. The van der Waals surface area contributed by atoms with Crippen molar-refractivity contribution in [1.82, 2.24) is 4.31 Å². The first-order valence-electron chi connectivity index (χ1n) is 7.10. The predicted molar refractivity (Wildman–Crippen MR) is 87.6 cm³/mol. The van der Waals surface area contributed by atoms with Crippen molar-refractivity contribution in [2.45, 2.75) is 25.3 Å². The number of nitro benzene ring substituents is 1. The Morgan fingerprint density at radius 1 is 1.21 bits per heavy atom. The molecule has 0 aliphatic heterocycles. The summed E-state index contributed by atoms with van der Waals surface area (Å²) in [5, 5.41) is 11.0. The van der Waals surface area contributed by atoms with Gasteiger partial charge in [0.1, 0.15) is 5.82 Å². The van der Waals surface area contributed by atoms with Gasteiger partial charge in [-0.15, -0.1) is 0 Å². The second-order valence-corrected chi connectivity index (χ2v) is 7.51. The number of non-ortho nitro benzene ring substituents is 1. The molecule has 8 heteroatoms. The van der Waals surface area contributed by atoms with Gasteiger partial charge in [-0.1, -0.05) is 18.2 Å². The number of rotatable bonds is 5. The molecule has 0 aliphatic rings. The van der Waals surface area contributed by atoms with Crippen LogP contribution < -0.4 is 0 Å². The van der Waals surface area contributed by atoms with Crippen LogP contribution >= 0.6 is 0 Å². The van der Waals surface area contributed by atoms with E-state index in [-0.39, 0.29) is 22.7 Å². The summed E-state index contributed by atoms with van der Waals surface area (Å²) in [5.41, 5.74) is 0.863. The van der Waals surface area contributed by atoms with Gasteiger partial charge in [-0.05, 0) is 31.0 Å². The Morgan fingerprint density at radius 2 is 1.83 bits per heavy atom. The largest absolute Gasteiger partial charge is 0.271 e. The van der Waals surface area contributed by atoms with Crippen molar-refractivity contribution < 1.29 is 17.7 Å². The Morgan fingerprint density at radius 3 is 2.42 bits per heavy atom. The molecule has 0 heterocycles. The lowest BCUT2D eigenvalue weighted by molar-refractivity contribution is -0.385. The summed E-state index contributed by atoms with van der Waals surface area (Å²) in [4.78, 5) is 10.2. The molecule has 2 aromatic rings. The van der Waals surface area contributed by atoms with Crippen LogP contribution in [0.3, 0.4) is 0 Å². The van der Waals surface area contributed by atoms with E-state index in [9.17, 15) is 22.9 Å². The van der Waals surface area contributed by atoms with Crippen LogP contribution in [0.5, 0.6) is 0 Å². The zero-order chi connectivity index (χ0) is 18.1. The van der Waals surface area contributed by atoms with Crippen LogP contribution in [-0.4, -0.2) is 24.7 Å². The Hall–Kier alpha value is -2.32. The highest BCUT2D eigenvalue weighted by Crippen LogP contribution is 2.28. The van der Waals surface area contributed by atoms with Gasteiger partial charge in [0.25, 0.3) is 5.69 Å². The molecule has 0 saturated heterocycles. The van der Waals surface area contributed by atoms with Crippen LogP contribution in [0.1, 0.15) is 16.7 Å². The monoisotopic (exact) mass is 352 g/mol. The number of nitro groups is 1. The number of halogens is 1. The standard InChI is InChI=1S/C16H17FN2O4S/c1-11-8-14(19(20)21)9-16(12(11)2)24(22,23)18(3)10-13-6-4-5-7-15(13)17/h4-9H,10H2,1-3H3. The highest BCUT2D eigenvalue weighted by Gasteiger charge is 2.27. The quantitative estimate of drug-likeness (QED) is 0.611. The van der Waals surface area contributed by atoms with Crippen molar-refractivity contribution in [1.29, 1.82) is 0 Å². The van der Waals surface area contributed by atoms with Gasteiger partial charge in [0, 0.05) is 31.3 Å². The Bertz CT molecular complexity index is 897. The van der Waals surface area contributed by atoms with Crippen LogP contribution in [0.4, 0.5) is 10.1 Å². The second kappa shape index (κ2) is 6.66. The molecule has 0 spiro atoms. The molecular weight excluding hydrogens is 335 g/mol. The van der Waals surface area contributed by atoms with Gasteiger partial charge in [-0.3, -0.25) is 10.1 Å². The van der Waals surface area contributed by atoms with Gasteiger partial charge < -0.3 is 0 Å². The van der Waals surface area contributed by atoms with Crippen molar-refractivity contribution in [3.05, 3.63) is 69.0 Å². The van der Waals surface area contributed by atoms with Crippen LogP contribution in [0, 0.1) is 29.8 Å². The van der Waals surface area contributed by atoms with Crippen LogP contribution in [-0.2, 0) is 16.6 Å². The van der Waals surface area contributed by atoms with Gasteiger partial charge in [0.05, 0.1) is 9.82 Å². The fourth-order valence-corrected chi connectivity index (χ4v) is 3.76. The van der Waals surface area contributed by atoms with E-state index in [1.165, 1.54) is 31.3 Å². The molecule has 6 nitrogen and oxygen atoms in total. The molecule has 128 valence electrons. The van der Waals surface area contributed by atoms with Gasteiger partial charge in [0.15, 0.2) is 0 Å². The molecule has 0 aromatic heterocycles. The second-order valence-electron chi connectivity index (χ2n) is 5.50. The minimum atomic E-state index is -4.00. The summed E-state index contributed by atoms with van der Waals surface area (Å²) in [7, 11) is -2.69. The van der Waals surface area contributed by atoms with Gasteiger partial charge in [0.2, 0.25) is 10.0 Å². The molecule has 24 heavy (non-hydrogen) atoms. The first kappa shape index (κ1) is 18.0. The lowest BCUT2D eigenvalue weighted by atomic mass is 10.1. The molecule has 0 bridgehead atoms. The van der Waals surface area contributed by atoms with Crippen molar-refractivity contribution in [2.24, 2.45) is 0 Å². The molecule has 0 atom stereocenters. The molecule has 0 N–H and O–H groups in total. The Kier molecular flexibility index (Phi) is 5.00. The fourth-order valence-electron chi connectivity index (χ4n) is 2.30. The molecule has 0 fully saturated rings. The third-order valence-corrected chi connectivity index (χ3v) is 5.78. The summed E-state index contributed by atoms with van der Waals surface area (Å²) in [6, 6.07) is 8.23. The summed E-state index contributed by atoms with van der Waals surface area (Å²) >= 11 is 0. The topological polar surface area (TPSA) is 80.5 Å². The summed E-state index contributed by atoms with van der Waals surface area (Å²) in [5.74, 6) is -0.508. The molecule has 0 radical (unpaired) electrons. The highest BCUT2D eigenvalue weighted by molar-refractivity contribution is 7.89.